The van der Waals surface area contributed by atoms with Gasteiger partial charge in [0.1, 0.15) is 31.2 Å². The lowest BCUT2D eigenvalue weighted by atomic mass is 9.61. The fourth-order valence-corrected chi connectivity index (χ4v) is 7.90. The summed E-state index contributed by atoms with van der Waals surface area (Å²) in [5, 5.41) is 14.2. The molecule has 4 aliphatic heterocycles. The number of hydrogen-bond acceptors (Lipinski definition) is 6. The van der Waals surface area contributed by atoms with Gasteiger partial charge in [0, 0.05) is 42.0 Å². The lowest BCUT2D eigenvalue weighted by Gasteiger charge is -2.53. The van der Waals surface area contributed by atoms with Crippen molar-refractivity contribution >= 4 is 17.8 Å². The third kappa shape index (κ3) is 2.98. The zero-order valence-electron chi connectivity index (χ0n) is 21.0. The summed E-state index contributed by atoms with van der Waals surface area (Å²) in [6.45, 7) is 5.19. The van der Waals surface area contributed by atoms with Crippen molar-refractivity contribution in [3.05, 3.63) is 70.4 Å². The van der Waals surface area contributed by atoms with E-state index < -0.39 is 5.41 Å². The van der Waals surface area contributed by atoms with Gasteiger partial charge in [0.15, 0.2) is 11.5 Å². The monoisotopic (exact) mass is 499 g/mol. The SMILES string of the molecule is C/C=C1/C[N+]2(CC(=O)c3ccc4c(c3)OCCCO4)CC[C@]34C(=C(C=O)[C@H]1C[C@@H]32)Nc1c(O)cccc14. The molecule has 4 atom stereocenters. The van der Waals surface area contributed by atoms with Gasteiger partial charge < -0.3 is 24.4 Å². The maximum atomic E-state index is 13.9. The molecule has 5 aliphatic rings. The Morgan fingerprint density at radius 1 is 1.22 bits per heavy atom. The van der Waals surface area contributed by atoms with Crippen LogP contribution in [0.4, 0.5) is 5.69 Å². The molecule has 1 aliphatic carbocycles. The number of anilines is 1. The Labute approximate surface area is 216 Å². The number of rotatable bonds is 4. The van der Waals surface area contributed by atoms with Crippen molar-refractivity contribution in [1.29, 1.82) is 0 Å². The number of quaternary nitrogens is 1. The molecule has 0 amide bonds. The Bertz CT molecular complexity index is 1410. The van der Waals surface area contributed by atoms with Crippen LogP contribution in [0.5, 0.6) is 17.2 Å². The number of aromatic hydroxyl groups is 1. The second-order valence-corrected chi connectivity index (χ2v) is 11.1. The molecule has 2 saturated heterocycles. The quantitative estimate of drug-likeness (QED) is 0.216. The number of phenols is 1. The smallest absolute Gasteiger partial charge is 0.217 e. The summed E-state index contributed by atoms with van der Waals surface area (Å²) in [5.74, 6) is 1.66. The van der Waals surface area contributed by atoms with Gasteiger partial charge in [-0.1, -0.05) is 18.2 Å². The minimum Gasteiger partial charge on any atom is -0.506 e. The molecule has 1 spiro atoms. The largest absolute Gasteiger partial charge is 0.506 e. The number of nitrogens with zero attached hydrogens (tertiary/aromatic N) is 1. The van der Waals surface area contributed by atoms with Gasteiger partial charge in [-0.15, -0.1) is 0 Å². The van der Waals surface area contributed by atoms with Gasteiger partial charge in [0.25, 0.3) is 0 Å². The van der Waals surface area contributed by atoms with Crippen LogP contribution in [0.25, 0.3) is 0 Å². The van der Waals surface area contributed by atoms with Crippen LogP contribution in [-0.2, 0) is 10.2 Å². The normalized spacial score (nSPS) is 31.9. The first-order valence-corrected chi connectivity index (χ1v) is 13.2. The van der Waals surface area contributed by atoms with Crippen LogP contribution in [0, 0.1) is 5.92 Å². The van der Waals surface area contributed by atoms with Gasteiger partial charge in [-0.2, -0.15) is 0 Å². The van der Waals surface area contributed by atoms with E-state index in [1.807, 2.05) is 31.2 Å². The number of ketones is 1. The lowest BCUT2D eigenvalue weighted by Crippen LogP contribution is -2.64. The number of carbonyl (C=O) groups excluding carboxylic acids is 2. The lowest BCUT2D eigenvalue weighted by molar-refractivity contribution is -0.934. The first-order chi connectivity index (χ1) is 18.0. The highest BCUT2D eigenvalue weighted by atomic mass is 16.5. The Balaban J connectivity index is 1.33. The van der Waals surface area contributed by atoms with Gasteiger partial charge in [-0.05, 0) is 42.3 Å². The summed E-state index contributed by atoms with van der Waals surface area (Å²) in [7, 11) is 0. The van der Waals surface area contributed by atoms with Crippen molar-refractivity contribution in [2.45, 2.75) is 37.6 Å². The summed E-state index contributed by atoms with van der Waals surface area (Å²) in [6.07, 6.45) is 5.61. The zero-order chi connectivity index (χ0) is 25.4. The number of fused-ring (bicyclic) bond motifs is 3. The summed E-state index contributed by atoms with van der Waals surface area (Å²) in [4.78, 5) is 26.4. The number of piperidine rings is 1. The van der Waals surface area contributed by atoms with E-state index in [4.69, 9.17) is 9.47 Å². The molecule has 0 saturated carbocycles. The number of carbonyl (C=O) groups is 2. The van der Waals surface area contributed by atoms with Gasteiger partial charge in [0.05, 0.1) is 30.9 Å². The van der Waals surface area contributed by atoms with Crippen LogP contribution in [0.15, 0.2) is 59.3 Å². The maximum Gasteiger partial charge on any atom is 0.217 e. The summed E-state index contributed by atoms with van der Waals surface area (Å²) in [6, 6.07) is 11.3. The second kappa shape index (κ2) is 7.96. The Morgan fingerprint density at radius 2 is 2.05 bits per heavy atom. The molecular weight excluding hydrogens is 468 g/mol. The molecule has 190 valence electrons. The molecular formula is C30H31N2O5+. The Morgan fingerprint density at radius 3 is 2.86 bits per heavy atom. The minimum atomic E-state index is -0.398. The van der Waals surface area contributed by atoms with E-state index in [0.29, 0.717) is 47.0 Å². The molecule has 2 bridgehead atoms. The fraction of sp³-hybridized carbons (Fsp3) is 0.400. The van der Waals surface area contributed by atoms with Crippen LogP contribution in [0.1, 0.15) is 42.1 Å². The molecule has 2 N–H and O–H groups in total. The van der Waals surface area contributed by atoms with Crippen LogP contribution in [0.3, 0.4) is 0 Å². The molecule has 7 heteroatoms. The topological polar surface area (TPSA) is 84.9 Å². The number of phenolic OH excluding ortho intramolecular Hbond substituents is 1. The van der Waals surface area contributed by atoms with E-state index in [2.05, 4.69) is 17.5 Å². The average molecular weight is 500 g/mol. The molecule has 2 aromatic carbocycles. The number of allylic oxidation sites excluding steroid dienone is 2. The minimum absolute atomic E-state index is 0.0390. The molecule has 37 heavy (non-hydrogen) atoms. The van der Waals surface area contributed by atoms with E-state index in [1.54, 1.807) is 6.07 Å². The fourth-order valence-electron chi connectivity index (χ4n) is 7.90. The number of para-hydroxylation sites is 1. The standard InChI is InChI=1S/C30H30N2O5/c1-2-18-15-32(16-24(35)19-7-8-25-26(13-19)37-12-4-11-36-25)10-9-30-22-5-3-6-23(34)28(22)31-29(30)21(17-33)20(18)14-27(30)32/h2-3,5-8,13,17,20,27H,4,9-12,14-16H2,1H3,(H-,31,33,34)/p+1/b18-2-/t20-,27-,30+,32?/m0/s1. The molecule has 7 rings (SSSR count). The molecule has 2 fully saturated rings. The van der Waals surface area contributed by atoms with Crippen LogP contribution in [-0.4, -0.2) is 60.5 Å². The molecule has 0 aromatic heterocycles. The van der Waals surface area contributed by atoms with Crippen LogP contribution in [0.2, 0.25) is 0 Å². The maximum absolute atomic E-state index is 13.9. The van der Waals surface area contributed by atoms with E-state index in [9.17, 15) is 14.7 Å². The van der Waals surface area contributed by atoms with Crippen molar-refractivity contribution in [2.24, 2.45) is 5.92 Å². The number of aldehydes is 1. The van der Waals surface area contributed by atoms with Gasteiger partial charge >= 0.3 is 0 Å². The number of nitrogens with one attached hydrogen (secondary N) is 1. The highest BCUT2D eigenvalue weighted by molar-refractivity contribution is 5.98. The Hall–Kier alpha value is -3.58. The average Bonchev–Trinajstić information content (AvgIpc) is 3.32. The Kier molecular flexibility index (Phi) is 4.86. The first-order valence-electron chi connectivity index (χ1n) is 13.2. The highest BCUT2D eigenvalue weighted by Gasteiger charge is 2.69. The number of benzene rings is 2. The van der Waals surface area contributed by atoms with Crippen LogP contribution >= 0.6 is 0 Å². The van der Waals surface area contributed by atoms with Crippen molar-refractivity contribution < 1.29 is 28.7 Å². The number of Topliss-reactive ketones (excluding diaryl/α,β-unsaturated/α-hetero) is 1. The first kappa shape index (κ1) is 22.6. The van der Waals surface area contributed by atoms with Crippen molar-refractivity contribution in [3.8, 4) is 17.2 Å². The molecule has 0 radical (unpaired) electrons. The zero-order valence-corrected chi connectivity index (χ0v) is 21.0. The van der Waals surface area contributed by atoms with Gasteiger partial charge in [-0.3, -0.25) is 9.59 Å². The molecule has 4 heterocycles. The van der Waals surface area contributed by atoms with Crippen LogP contribution < -0.4 is 14.8 Å². The summed E-state index contributed by atoms with van der Waals surface area (Å²) >= 11 is 0. The van der Waals surface area contributed by atoms with Gasteiger partial charge in [-0.25, -0.2) is 0 Å². The van der Waals surface area contributed by atoms with Gasteiger partial charge in [0.2, 0.25) is 5.78 Å². The predicted molar refractivity (Wildman–Crippen MR) is 138 cm³/mol. The third-order valence-electron chi connectivity index (χ3n) is 9.49. The van der Waals surface area contributed by atoms with Crippen molar-refractivity contribution in [3.63, 3.8) is 0 Å². The highest BCUT2D eigenvalue weighted by Crippen LogP contribution is 2.64. The van der Waals surface area contributed by atoms with E-state index in [-0.39, 0.29) is 23.5 Å². The predicted octanol–water partition coefficient (Wildman–Crippen LogP) is 4.12. The van der Waals surface area contributed by atoms with Crippen molar-refractivity contribution in [1.82, 2.24) is 0 Å². The van der Waals surface area contributed by atoms with E-state index >= 15 is 0 Å². The van der Waals surface area contributed by atoms with E-state index in [1.165, 1.54) is 5.57 Å². The molecule has 2 aromatic rings. The van der Waals surface area contributed by atoms with E-state index in [0.717, 1.165) is 55.5 Å². The van der Waals surface area contributed by atoms with Crippen molar-refractivity contribution in [2.75, 3.05) is 38.2 Å². The summed E-state index contributed by atoms with van der Waals surface area (Å²) < 4.78 is 12.3. The molecule has 7 nitrogen and oxygen atoms in total. The third-order valence-corrected chi connectivity index (χ3v) is 9.49. The second-order valence-electron chi connectivity index (χ2n) is 11.1. The number of hydrogen-bond donors (Lipinski definition) is 2. The number of ether oxygens (including phenoxy) is 2. The molecule has 1 unspecified atom stereocenters. The summed E-state index contributed by atoms with van der Waals surface area (Å²) in [5.41, 5.74) is 4.96.